The Morgan fingerprint density at radius 1 is 0.576 bits per heavy atom. The van der Waals surface area contributed by atoms with E-state index in [1.165, 1.54) is 11.1 Å². The van der Waals surface area contributed by atoms with Crippen molar-refractivity contribution in [2.24, 2.45) is 0 Å². The van der Waals surface area contributed by atoms with Crippen molar-refractivity contribution in [3.05, 3.63) is 71.8 Å². The third-order valence-corrected chi connectivity index (χ3v) is 7.18. The molecule has 0 saturated carbocycles. The van der Waals surface area contributed by atoms with E-state index in [0.717, 1.165) is 65.4 Å². The maximum absolute atomic E-state index is 5.85. The summed E-state index contributed by atoms with van der Waals surface area (Å²) >= 11 is 0. The summed E-state index contributed by atoms with van der Waals surface area (Å²) in [5, 5.41) is 0. The van der Waals surface area contributed by atoms with Crippen molar-refractivity contribution < 1.29 is 18.9 Å². The van der Waals surface area contributed by atoms with Gasteiger partial charge in [0.25, 0.3) is 0 Å². The fourth-order valence-electron chi connectivity index (χ4n) is 5.11. The van der Waals surface area contributed by atoms with Crippen LogP contribution in [-0.2, 0) is 32.0 Å². The number of hydrogen-bond acceptors (Lipinski definition) is 6. The van der Waals surface area contributed by atoms with E-state index in [-0.39, 0.29) is 5.66 Å². The van der Waals surface area contributed by atoms with Gasteiger partial charge in [-0.05, 0) is 11.1 Å². The van der Waals surface area contributed by atoms with Crippen molar-refractivity contribution in [3.8, 4) is 0 Å². The van der Waals surface area contributed by atoms with Crippen LogP contribution in [-0.4, -0.2) is 79.4 Å². The molecule has 6 heteroatoms. The van der Waals surface area contributed by atoms with Crippen LogP contribution in [0.4, 0.5) is 0 Å². The molecule has 0 aliphatic carbocycles. The fourth-order valence-corrected chi connectivity index (χ4v) is 5.11. The van der Waals surface area contributed by atoms with Gasteiger partial charge in [0.05, 0.1) is 56.5 Å². The topological polar surface area (TPSA) is 56.6 Å². The number of hydrogen-bond donors (Lipinski definition) is 0. The summed E-state index contributed by atoms with van der Waals surface area (Å²) in [4.78, 5) is 5.35. The van der Waals surface area contributed by atoms with Crippen LogP contribution in [0.3, 0.4) is 0 Å². The van der Waals surface area contributed by atoms with Crippen LogP contribution in [0, 0.1) is 0 Å². The second-order valence-electron chi connectivity index (χ2n) is 9.94. The molecule has 6 nitrogen and oxygen atoms in total. The molecule has 4 aliphatic rings. The molecule has 0 bridgehead atoms. The van der Waals surface area contributed by atoms with Gasteiger partial charge in [-0.25, -0.2) is 0 Å². The van der Waals surface area contributed by atoms with Gasteiger partial charge in [0.1, 0.15) is 0 Å². The van der Waals surface area contributed by atoms with Crippen LogP contribution in [0.25, 0.3) is 0 Å². The van der Waals surface area contributed by atoms with Gasteiger partial charge in [0.2, 0.25) is 0 Å². The third-order valence-electron chi connectivity index (χ3n) is 7.18. The maximum Gasteiger partial charge on any atom is 0.0937 e. The van der Waals surface area contributed by atoms with Crippen LogP contribution in [0.1, 0.15) is 24.0 Å². The summed E-state index contributed by atoms with van der Waals surface area (Å²) in [6.07, 6.45) is 3.19. The van der Waals surface area contributed by atoms with E-state index in [1.54, 1.807) is 0 Å². The molecule has 2 aromatic rings. The lowest BCUT2D eigenvalue weighted by Gasteiger charge is -2.51. The standard InChI is InChI=1S/C27H34N2O4/c1-3-7-21(8-4-1)13-28(15-25-19-32-25)27(11-23-17-30-23,12-24-18-31-24)29(16-26-20-33-26)14-22-9-5-2-6-10-22/h1-10,23-26H,11-20H2. The molecular formula is C27H34N2O4. The summed E-state index contributed by atoms with van der Waals surface area (Å²) in [5.74, 6) is 0. The number of nitrogens with zero attached hydrogens (tertiary/aromatic N) is 2. The van der Waals surface area contributed by atoms with Gasteiger partial charge in [-0.15, -0.1) is 0 Å². The van der Waals surface area contributed by atoms with E-state index in [2.05, 4.69) is 70.5 Å². The molecule has 4 heterocycles. The molecular weight excluding hydrogens is 416 g/mol. The Morgan fingerprint density at radius 3 is 1.27 bits per heavy atom. The molecule has 0 aromatic heterocycles. The molecule has 6 rings (SSSR count). The second-order valence-corrected chi connectivity index (χ2v) is 9.94. The molecule has 4 unspecified atom stereocenters. The lowest BCUT2D eigenvalue weighted by Crippen LogP contribution is -2.63. The molecule has 0 spiro atoms. The normalized spacial score (nSPS) is 29.2. The third kappa shape index (κ3) is 5.83. The average molecular weight is 451 g/mol. The number of rotatable bonds is 14. The first-order valence-corrected chi connectivity index (χ1v) is 12.3. The zero-order valence-electron chi connectivity index (χ0n) is 19.2. The maximum atomic E-state index is 5.85. The van der Waals surface area contributed by atoms with E-state index in [1.807, 2.05) is 0 Å². The zero-order chi connectivity index (χ0) is 22.1. The van der Waals surface area contributed by atoms with Crippen molar-refractivity contribution in [1.82, 2.24) is 9.80 Å². The van der Waals surface area contributed by atoms with Crippen LogP contribution in [0.5, 0.6) is 0 Å². The van der Waals surface area contributed by atoms with Crippen molar-refractivity contribution in [2.75, 3.05) is 39.5 Å². The van der Waals surface area contributed by atoms with Crippen LogP contribution in [0.2, 0.25) is 0 Å². The Balaban J connectivity index is 1.38. The van der Waals surface area contributed by atoms with Gasteiger partial charge in [-0.3, -0.25) is 9.80 Å². The van der Waals surface area contributed by atoms with E-state index in [9.17, 15) is 0 Å². The van der Waals surface area contributed by atoms with Gasteiger partial charge in [-0.2, -0.15) is 0 Å². The molecule has 176 valence electrons. The van der Waals surface area contributed by atoms with E-state index >= 15 is 0 Å². The van der Waals surface area contributed by atoms with Gasteiger partial charge < -0.3 is 18.9 Å². The monoisotopic (exact) mass is 450 g/mol. The minimum absolute atomic E-state index is 0.189. The Hall–Kier alpha value is -1.80. The van der Waals surface area contributed by atoms with Crippen molar-refractivity contribution in [2.45, 2.75) is 56.0 Å². The Bertz CT molecular complexity index is 819. The predicted molar refractivity (Wildman–Crippen MR) is 125 cm³/mol. The highest BCUT2D eigenvalue weighted by molar-refractivity contribution is 5.18. The Labute approximate surface area is 196 Å². The summed E-state index contributed by atoms with van der Waals surface area (Å²) < 4.78 is 23.2. The second kappa shape index (κ2) is 9.45. The van der Waals surface area contributed by atoms with Crippen molar-refractivity contribution in [3.63, 3.8) is 0 Å². The SMILES string of the molecule is c1ccc(CN(CC2CO2)C(CC2CO2)(CC2CO2)N(Cc2ccccc2)CC2CO2)cc1. The molecule has 4 atom stereocenters. The Morgan fingerprint density at radius 2 is 0.939 bits per heavy atom. The smallest absolute Gasteiger partial charge is 0.0937 e. The summed E-state index contributed by atoms with van der Waals surface area (Å²) in [6, 6.07) is 21.7. The van der Waals surface area contributed by atoms with E-state index < -0.39 is 0 Å². The highest BCUT2D eigenvalue weighted by Crippen LogP contribution is 2.41. The predicted octanol–water partition coefficient (Wildman–Crippen LogP) is 3.06. The van der Waals surface area contributed by atoms with Gasteiger partial charge in [-0.1, -0.05) is 60.7 Å². The van der Waals surface area contributed by atoms with Gasteiger partial charge in [0, 0.05) is 39.0 Å². The highest BCUT2D eigenvalue weighted by Gasteiger charge is 2.52. The molecule has 33 heavy (non-hydrogen) atoms. The molecule has 0 N–H and O–H groups in total. The zero-order valence-corrected chi connectivity index (χ0v) is 19.2. The number of epoxide rings is 4. The fraction of sp³-hybridized carbons (Fsp3) is 0.556. The lowest BCUT2D eigenvalue weighted by molar-refractivity contribution is -0.0953. The number of benzene rings is 2. The largest absolute Gasteiger partial charge is 0.373 e. The van der Waals surface area contributed by atoms with Crippen LogP contribution < -0.4 is 0 Å². The van der Waals surface area contributed by atoms with Crippen LogP contribution in [0.15, 0.2) is 60.7 Å². The minimum Gasteiger partial charge on any atom is -0.373 e. The van der Waals surface area contributed by atoms with Gasteiger partial charge in [0.15, 0.2) is 0 Å². The van der Waals surface area contributed by atoms with E-state index in [4.69, 9.17) is 18.9 Å². The Kier molecular flexibility index (Phi) is 6.22. The molecule has 0 radical (unpaired) electrons. The van der Waals surface area contributed by atoms with Crippen LogP contribution >= 0.6 is 0 Å². The molecule has 4 saturated heterocycles. The molecule has 4 fully saturated rings. The average Bonchev–Trinajstić information content (AvgIpc) is 3.66. The first-order chi connectivity index (χ1) is 16.3. The molecule has 2 aromatic carbocycles. The summed E-state index contributed by atoms with van der Waals surface area (Å²) in [7, 11) is 0. The van der Waals surface area contributed by atoms with Crippen molar-refractivity contribution >= 4 is 0 Å². The first kappa shape index (κ1) is 21.7. The van der Waals surface area contributed by atoms with Crippen molar-refractivity contribution in [1.29, 1.82) is 0 Å². The highest BCUT2D eigenvalue weighted by atomic mass is 16.6. The quantitative estimate of drug-likeness (QED) is 0.326. The molecule has 4 aliphatic heterocycles. The first-order valence-electron chi connectivity index (χ1n) is 12.3. The van der Waals surface area contributed by atoms with E-state index in [0.29, 0.717) is 24.4 Å². The minimum atomic E-state index is -0.189. The summed E-state index contributed by atoms with van der Waals surface area (Å²) in [6.45, 7) is 7.03. The van der Waals surface area contributed by atoms with Gasteiger partial charge >= 0.3 is 0 Å². The lowest BCUT2D eigenvalue weighted by atomic mass is 9.91. The number of ether oxygens (including phenoxy) is 4. The summed E-state index contributed by atoms with van der Waals surface area (Å²) in [5.41, 5.74) is 2.47. The molecule has 0 amide bonds.